The summed E-state index contributed by atoms with van der Waals surface area (Å²) in [7, 11) is 0. The van der Waals surface area contributed by atoms with Crippen molar-refractivity contribution in [3.05, 3.63) is 0 Å². The molecule has 4 atom stereocenters. The van der Waals surface area contributed by atoms with Gasteiger partial charge in [-0.05, 0) is 64.5 Å². The molecule has 2 heteroatoms. The second-order valence-electron chi connectivity index (χ2n) is 6.81. The number of hydrogen-bond acceptors (Lipinski definition) is 2. The van der Waals surface area contributed by atoms with Gasteiger partial charge >= 0.3 is 0 Å². The molecule has 0 aromatic heterocycles. The molecule has 19 heavy (non-hydrogen) atoms. The molecular weight excluding hydrogens is 232 g/mol. The molecule has 1 saturated heterocycles. The fourth-order valence-electron chi connectivity index (χ4n) is 3.44. The number of piperidine rings is 1. The summed E-state index contributed by atoms with van der Waals surface area (Å²) < 4.78 is 0. The van der Waals surface area contributed by atoms with Crippen LogP contribution in [-0.4, -0.2) is 36.6 Å². The minimum atomic E-state index is 0.659. The maximum Gasteiger partial charge on any atom is 0.00816 e. The molecule has 1 heterocycles. The minimum Gasteiger partial charge on any atom is -0.311 e. The highest BCUT2D eigenvalue weighted by molar-refractivity contribution is 4.82. The molecule has 2 nitrogen and oxygen atoms in total. The number of rotatable bonds is 8. The number of nitrogens with one attached hydrogen (secondary N) is 1. The standard InChI is InChI=1S/C17H36N2/c1-6-10-19-11-8-9-17(13-19)16(5)18-15(4)12-14(3)7-2/h14-18H,6-13H2,1-5H3. The van der Waals surface area contributed by atoms with Crippen LogP contribution in [0.4, 0.5) is 0 Å². The van der Waals surface area contributed by atoms with Gasteiger partial charge in [-0.1, -0.05) is 27.2 Å². The molecule has 0 radical (unpaired) electrons. The van der Waals surface area contributed by atoms with Gasteiger partial charge in [-0.3, -0.25) is 0 Å². The van der Waals surface area contributed by atoms with Crippen LogP contribution in [0.1, 0.15) is 66.7 Å². The SMILES string of the molecule is CCCN1CCCC(C(C)NC(C)CC(C)CC)C1. The van der Waals surface area contributed by atoms with Crippen LogP contribution in [0.15, 0.2) is 0 Å². The highest BCUT2D eigenvalue weighted by Gasteiger charge is 2.25. The predicted molar refractivity (Wildman–Crippen MR) is 85.6 cm³/mol. The second-order valence-corrected chi connectivity index (χ2v) is 6.81. The van der Waals surface area contributed by atoms with Gasteiger partial charge in [0.15, 0.2) is 0 Å². The van der Waals surface area contributed by atoms with Gasteiger partial charge in [0.1, 0.15) is 0 Å². The summed E-state index contributed by atoms with van der Waals surface area (Å²) in [5.41, 5.74) is 0. The molecule has 0 aromatic rings. The molecule has 1 N–H and O–H groups in total. The van der Waals surface area contributed by atoms with Gasteiger partial charge in [-0.15, -0.1) is 0 Å². The third kappa shape index (κ3) is 6.27. The molecule has 0 aromatic carbocycles. The number of hydrogen-bond donors (Lipinski definition) is 1. The van der Waals surface area contributed by atoms with Gasteiger partial charge in [0.05, 0.1) is 0 Å². The van der Waals surface area contributed by atoms with Crippen molar-refractivity contribution in [2.24, 2.45) is 11.8 Å². The average molecular weight is 268 g/mol. The summed E-state index contributed by atoms with van der Waals surface area (Å²) in [6.07, 6.45) is 6.69. The van der Waals surface area contributed by atoms with Gasteiger partial charge in [-0.2, -0.15) is 0 Å². The van der Waals surface area contributed by atoms with E-state index < -0.39 is 0 Å². The van der Waals surface area contributed by atoms with Crippen LogP contribution in [0.3, 0.4) is 0 Å². The van der Waals surface area contributed by atoms with Crippen LogP contribution in [-0.2, 0) is 0 Å². The summed E-state index contributed by atoms with van der Waals surface area (Å²) in [6, 6.07) is 1.32. The largest absolute Gasteiger partial charge is 0.311 e. The first-order valence-corrected chi connectivity index (χ1v) is 8.55. The highest BCUT2D eigenvalue weighted by Crippen LogP contribution is 2.21. The zero-order chi connectivity index (χ0) is 14.3. The Bertz CT molecular complexity index is 227. The Kier molecular flexibility index (Phi) is 8.01. The van der Waals surface area contributed by atoms with Crippen LogP contribution >= 0.6 is 0 Å². The number of likely N-dealkylation sites (tertiary alicyclic amines) is 1. The fourth-order valence-corrected chi connectivity index (χ4v) is 3.44. The predicted octanol–water partition coefficient (Wildman–Crippen LogP) is 3.91. The molecule has 0 saturated carbocycles. The Morgan fingerprint density at radius 1 is 1.21 bits per heavy atom. The Balaban J connectivity index is 2.33. The summed E-state index contributed by atoms with van der Waals surface area (Å²) >= 11 is 0. The Morgan fingerprint density at radius 2 is 1.95 bits per heavy atom. The zero-order valence-electron chi connectivity index (χ0n) is 13.9. The monoisotopic (exact) mass is 268 g/mol. The van der Waals surface area contributed by atoms with E-state index in [4.69, 9.17) is 0 Å². The molecule has 1 rings (SSSR count). The highest BCUT2D eigenvalue weighted by atomic mass is 15.1. The third-order valence-corrected chi connectivity index (χ3v) is 4.79. The molecular formula is C17H36N2. The van der Waals surface area contributed by atoms with Crippen LogP contribution in [0, 0.1) is 11.8 Å². The van der Waals surface area contributed by atoms with Crippen molar-refractivity contribution in [1.29, 1.82) is 0 Å². The molecule has 4 unspecified atom stereocenters. The van der Waals surface area contributed by atoms with E-state index in [1.54, 1.807) is 0 Å². The lowest BCUT2D eigenvalue weighted by Crippen LogP contribution is -2.47. The Hall–Kier alpha value is -0.0800. The van der Waals surface area contributed by atoms with E-state index in [9.17, 15) is 0 Å². The normalized spacial score (nSPS) is 26.1. The summed E-state index contributed by atoms with van der Waals surface area (Å²) in [5.74, 6) is 1.69. The first kappa shape index (κ1) is 17.0. The average Bonchev–Trinajstić information content (AvgIpc) is 2.39. The fraction of sp³-hybridized carbons (Fsp3) is 1.00. The lowest BCUT2D eigenvalue weighted by atomic mass is 9.90. The van der Waals surface area contributed by atoms with Gasteiger partial charge in [-0.25, -0.2) is 0 Å². The number of nitrogens with zero attached hydrogens (tertiary/aromatic N) is 1. The van der Waals surface area contributed by atoms with E-state index in [0.717, 1.165) is 11.8 Å². The van der Waals surface area contributed by atoms with Crippen LogP contribution in [0.5, 0.6) is 0 Å². The summed E-state index contributed by atoms with van der Waals surface area (Å²) in [4.78, 5) is 2.66. The van der Waals surface area contributed by atoms with Crippen molar-refractivity contribution in [3.63, 3.8) is 0 Å². The maximum atomic E-state index is 3.85. The summed E-state index contributed by atoms with van der Waals surface area (Å²) in [5, 5.41) is 3.85. The zero-order valence-corrected chi connectivity index (χ0v) is 13.9. The molecule has 0 amide bonds. The molecule has 1 fully saturated rings. The lowest BCUT2D eigenvalue weighted by Gasteiger charge is -2.37. The van der Waals surface area contributed by atoms with Crippen molar-refractivity contribution in [2.45, 2.75) is 78.8 Å². The Morgan fingerprint density at radius 3 is 2.58 bits per heavy atom. The van der Waals surface area contributed by atoms with E-state index in [2.05, 4.69) is 44.8 Å². The van der Waals surface area contributed by atoms with Crippen molar-refractivity contribution in [2.75, 3.05) is 19.6 Å². The molecule has 0 spiro atoms. The minimum absolute atomic E-state index is 0.659. The maximum absolute atomic E-state index is 3.85. The quantitative estimate of drug-likeness (QED) is 0.718. The molecule has 1 aliphatic rings. The second kappa shape index (κ2) is 8.97. The molecule has 114 valence electrons. The van der Waals surface area contributed by atoms with Crippen molar-refractivity contribution < 1.29 is 0 Å². The van der Waals surface area contributed by atoms with Gasteiger partial charge in [0.2, 0.25) is 0 Å². The van der Waals surface area contributed by atoms with Crippen LogP contribution in [0.2, 0.25) is 0 Å². The first-order valence-electron chi connectivity index (χ1n) is 8.55. The van der Waals surface area contributed by atoms with Crippen LogP contribution in [0.25, 0.3) is 0 Å². The van der Waals surface area contributed by atoms with Crippen LogP contribution < -0.4 is 5.32 Å². The van der Waals surface area contributed by atoms with Crippen molar-refractivity contribution in [1.82, 2.24) is 10.2 Å². The van der Waals surface area contributed by atoms with Gasteiger partial charge < -0.3 is 10.2 Å². The summed E-state index contributed by atoms with van der Waals surface area (Å²) in [6.45, 7) is 15.6. The van der Waals surface area contributed by atoms with E-state index in [1.165, 1.54) is 51.7 Å². The van der Waals surface area contributed by atoms with Gasteiger partial charge in [0.25, 0.3) is 0 Å². The molecule has 0 aliphatic carbocycles. The van der Waals surface area contributed by atoms with E-state index in [-0.39, 0.29) is 0 Å². The first-order chi connectivity index (χ1) is 9.06. The lowest BCUT2D eigenvalue weighted by molar-refractivity contribution is 0.146. The van der Waals surface area contributed by atoms with Crippen molar-refractivity contribution >= 4 is 0 Å². The molecule has 1 aliphatic heterocycles. The Labute approximate surface area is 121 Å². The van der Waals surface area contributed by atoms with E-state index in [1.807, 2.05) is 0 Å². The van der Waals surface area contributed by atoms with Crippen molar-refractivity contribution in [3.8, 4) is 0 Å². The molecule has 0 bridgehead atoms. The topological polar surface area (TPSA) is 15.3 Å². The third-order valence-electron chi connectivity index (χ3n) is 4.79. The smallest absolute Gasteiger partial charge is 0.00816 e. The van der Waals surface area contributed by atoms with Gasteiger partial charge in [0, 0.05) is 18.6 Å². The van der Waals surface area contributed by atoms with E-state index >= 15 is 0 Å². The van der Waals surface area contributed by atoms with E-state index in [0.29, 0.717) is 12.1 Å².